The van der Waals surface area contributed by atoms with Crippen molar-refractivity contribution in [3.05, 3.63) is 59.5 Å². The van der Waals surface area contributed by atoms with Crippen molar-refractivity contribution in [3.63, 3.8) is 0 Å². The number of aryl methyl sites for hydroxylation is 1. The van der Waals surface area contributed by atoms with Crippen LogP contribution < -0.4 is 10.1 Å². The molecule has 0 aliphatic carbocycles. The molecule has 1 aliphatic heterocycles. The van der Waals surface area contributed by atoms with Gasteiger partial charge in [0.25, 0.3) is 0 Å². The number of hydrogen-bond donors (Lipinski definition) is 1. The molecule has 1 saturated heterocycles. The van der Waals surface area contributed by atoms with Crippen molar-refractivity contribution >= 4 is 29.9 Å². The average molecular weight is 566 g/mol. The number of methoxy groups -OCH3 is 1. The molecule has 11 heteroatoms. The summed E-state index contributed by atoms with van der Waals surface area (Å²) in [4.78, 5) is 9.59. The topological polar surface area (TPSA) is 96.8 Å². The number of halogens is 1. The fourth-order valence-electron chi connectivity index (χ4n) is 3.59. The number of guanidine groups is 1. The van der Waals surface area contributed by atoms with Crippen molar-refractivity contribution in [2.75, 3.05) is 33.3 Å². The van der Waals surface area contributed by atoms with Gasteiger partial charge in [0.1, 0.15) is 17.8 Å². The van der Waals surface area contributed by atoms with Gasteiger partial charge in [0.2, 0.25) is 0 Å². The Morgan fingerprint density at radius 2 is 1.88 bits per heavy atom. The molecule has 0 atom stereocenters. The number of rotatable bonds is 7. The SMILES string of the molecule is COc1ccc(CN=C(NCc2nnc(C)n2C)N2CCN(Cc3ccon3)CC2)cc1.I. The summed E-state index contributed by atoms with van der Waals surface area (Å²) in [6, 6.07) is 9.92. The molecule has 1 aliphatic rings. The van der Waals surface area contributed by atoms with Crippen molar-refractivity contribution < 1.29 is 9.26 Å². The van der Waals surface area contributed by atoms with Gasteiger partial charge in [-0.15, -0.1) is 34.2 Å². The molecule has 1 fully saturated rings. The maximum absolute atomic E-state index is 5.25. The first kappa shape index (κ1) is 25.0. The van der Waals surface area contributed by atoms with Crippen LogP contribution in [-0.2, 0) is 26.7 Å². The minimum absolute atomic E-state index is 0. The third kappa shape index (κ3) is 6.67. The highest BCUT2D eigenvalue weighted by atomic mass is 127. The molecule has 10 nitrogen and oxygen atoms in total. The Kier molecular flexibility index (Phi) is 9.06. The Morgan fingerprint density at radius 3 is 2.48 bits per heavy atom. The number of aliphatic imine (C=N–C) groups is 1. The molecule has 1 N–H and O–H groups in total. The van der Waals surface area contributed by atoms with E-state index in [4.69, 9.17) is 14.3 Å². The van der Waals surface area contributed by atoms with Gasteiger partial charge in [-0.1, -0.05) is 17.3 Å². The van der Waals surface area contributed by atoms with E-state index in [1.807, 2.05) is 48.9 Å². The Bertz CT molecular complexity index is 1010. The summed E-state index contributed by atoms with van der Waals surface area (Å²) >= 11 is 0. The van der Waals surface area contributed by atoms with Crippen molar-refractivity contribution in [2.45, 2.75) is 26.6 Å². The van der Waals surface area contributed by atoms with E-state index < -0.39 is 0 Å². The van der Waals surface area contributed by atoms with E-state index in [1.54, 1.807) is 13.4 Å². The standard InChI is InChI=1S/C22H30N8O2.HI/c1-17-25-26-21(28(17)2)15-24-22(23-14-18-4-6-20(31-3)7-5-18)30-11-9-29(10-12-30)16-19-8-13-32-27-19;/h4-8,13H,9-12,14-16H2,1-3H3,(H,23,24);1H. The van der Waals surface area contributed by atoms with E-state index in [9.17, 15) is 0 Å². The molecule has 4 rings (SSSR count). The van der Waals surface area contributed by atoms with Crippen LogP contribution in [0.4, 0.5) is 0 Å². The molecule has 0 bridgehead atoms. The van der Waals surface area contributed by atoms with Crippen LogP contribution >= 0.6 is 24.0 Å². The van der Waals surface area contributed by atoms with E-state index in [0.717, 1.165) is 67.3 Å². The Morgan fingerprint density at radius 1 is 1.12 bits per heavy atom. The number of piperazine rings is 1. The lowest BCUT2D eigenvalue weighted by atomic mass is 10.2. The van der Waals surface area contributed by atoms with Crippen LogP contribution in [0.1, 0.15) is 22.9 Å². The normalized spacial score (nSPS) is 14.8. The molecule has 0 unspecified atom stereocenters. The molecule has 3 heterocycles. The van der Waals surface area contributed by atoms with Gasteiger partial charge < -0.3 is 24.0 Å². The van der Waals surface area contributed by atoms with Crippen LogP contribution in [-0.4, -0.2) is 69.0 Å². The largest absolute Gasteiger partial charge is 0.497 e. The predicted molar refractivity (Wildman–Crippen MR) is 135 cm³/mol. The molecular formula is C22H31IN8O2. The Balaban J connectivity index is 0.00000306. The van der Waals surface area contributed by atoms with E-state index in [1.165, 1.54) is 0 Å². The second kappa shape index (κ2) is 12.0. The first-order valence-electron chi connectivity index (χ1n) is 10.7. The number of aromatic nitrogens is 4. The Hall–Kier alpha value is -2.67. The lowest BCUT2D eigenvalue weighted by Gasteiger charge is -2.36. The van der Waals surface area contributed by atoms with E-state index >= 15 is 0 Å². The zero-order valence-electron chi connectivity index (χ0n) is 19.3. The minimum Gasteiger partial charge on any atom is -0.497 e. The predicted octanol–water partition coefficient (Wildman–Crippen LogP) is 2.20. The van der Waals surface area contributed by atoms with E-state index in [-0.39, 0.29) is 24.0 Å². The number of nitrogens with one attached hydrogen (secondary N) is 1. The van der Waals surface area contributed by atoms with Gasteiger partial charge in [-0.3, -0.25) is 4.90 Å². The highest BCUT2D eigenvalue weighted by Gasteiger charge is 2.21. The first-order valence-corrected chi connectivity index (χ1v) is 10.7. The summed E-state index contributed by atoms with van der Waals surface area (Å²) in [6.45, 7) is 7.52. The second-order valence-electron chi connectivity index (χ2n) is 7.82. The fourth-order valence-corrected chi connectivity index (χ4v) is 3.59. The average Bonchev–Trinajstić information content (AvgIpc) is 3.45. The van der Waals surface area contributed by atoms with Gasteiger partial charge in [-0.2, -0.15) is 0 Å². The monoisotopic (exact) mass is 566 g/mol. The van der Waals surface area contributed by atoms with Crippen LogP contribution in [0.15, 0.2) is 46.1 Å². The molecule has 2 aromatic heterocycles. The lowest BCUT2D eigenvalue weighted by Crippen LogP contribution is -2.52. The van der Waals surface area contributed by atoms with Crippen molar-refractivity contribution in [1.29, 1.82) is 0 Å². The molecular weight excluding hydrogens is 535 g/mol. The zero-order valence-corrected chi connectivity index (χ0v) is 21.6. The smallest absolute Gasteiger partial charge is 0.194 e. The molecule has 3 aromatic rings. The van der Waals surface area contributed by atoms with Gasteiger partial charge >= 0.3 is 0 Å². The van der Waals surface area contributed by atoms with Gasteiger partial charge in [0.05, 0.1) is 25.9 Å². The number of nitrogens with zero attached hydrogens (tertiary/aromatic N) is 7. The zero-order chi connectivity index (χ0) is 22.3. The van der Waals surface area contributed by atoms with Crippen molar-refractivity contribution in [2.24, 2.45) is 12.0 Å². The molecule has 0 saturated carbocycles. The third-order valence-electron chi connectivity index (χ3n) is 5.71. The second-order valence-corrected chi connectivity index (χ2v) is 7.82. The molecule has 33 heavy (non-hydrogen) atoms. The molecule has 0 spiro atoms. The van der Waals surface area contributed by atoms with Crippen molar-refractivity contribution in [3.8, 4) is 5.75 Å². The van der Waals surface area contributed by atoms with E-state index in [0.29, 0.717) is 13.1 Å². The fraction of sp³-hybridized carbons (Fsp3) is 0.455. The van der Waals surface area contributed by atoms with Crippen LogP contribution in [0.2, 0.25) is 0 Å². The number of ether oxygens (including phenoxy) is 1. The maximum Gasteiger partial charge on any atom is 0.194 e. The summed E-state index contributed by atoms with van der Waals surface area (Å²) in [5.41, 5.74) is 2.09. The first-order chi connectivity index (χ1) is 15.6. The van der Waals surface area contributed by atoms with Gasteiger partial charge in [0, 0.05) is 45.8 Å². The quantitative estimate of drug-likeness (QED) is 0.264. The number of hydrogen-bond acceptors (Lipinski definition) is 7. The molecule has 178 valence electrons. The number of benzene rings is 1. The van der Waals surface area contributed by atoms with Gasteiger partial charge in [0.15, 0.2) is 11.8 Å². The molecule has 1 aromatic carbocycles. The summed E-state index contributed by atoms with van der Waals surface area (Å²) in [6.07, 6.45) is 1.62. The van der Waals surface area contributed by atoms with Gasteiger partial charge in [-0.25, -0.2) is 4.99 Å². The van der Waals surface area contributed by atoms with Crippen LogP contribution in [0.25, 0.3) is 0 Å². The third-order valence-corrected chi connectivity index (χ3v) is 5.71. The minimum atomic E-state index is 0. The van der Waals surface area contributed by atoms with Crippen molar-refractivity contribution in [1.82, 2.24) is 35.0 Å². The van der Waals surface area contributed by atoms with Gasteiger partial charge in [-0.05, 0) is 24.6 Å². The summed E-state index contributed by atoms with van der Waals surface area (Å²) in [7, 11) is 3.65. The summed E-state index contributed by atoms with van der Waals surface area (Å²) in [5.74, 6) is 3.49. The lowest BCUT2D eigenvalue weighted by molar-refractivity contribution is 0.168. The van der Waals surface area contributed by atoms with E-state index in [2.05, 4.69) is 30.5 Å². The summed E-state index contributed by atoms with van der Waals surface area (Å²) in [5, 5.41) is 15.9. The van der Waals surface area contributed by atoms with Crippen LogP contribution in [0, 0.1) is 6.92 Å². The van der Waals surface area contributed by atoms with Crippen LogP contribution in [0.3, 0.4) is 0 Å². The van der Waals surface area contributed by atoms with Crippen LogP contribution in [0.5, 0.6) is 5.75 Å². The summed E-state index contributed by atoms with van der Waals surface area (Å²) < 4.78 is 12.2. The highest BCUT2D eigenvalue weighted by molar-refractivity contribution is 14.0. The Labute approximate surface area is 211 Å². The maximum atomic E-state index is 5.25. The highest BCUT2D eigenvalue weighted by Crippen LogP contribution is 2.13. The molecule has 0 amide bonds. The molecule has 0 radical (unpaired) electrons.